The Morgan fingerprint density at radius 1 is 1.19 bits per heavy atom. The number of aromatic nitrogens is 1. The number of amides is 1. The van der Waals surface area contributed by atoms with Gasteiger partial charge >= 0.3 is 0 Å². The number of nitrogens with one attached hydrogen (secondary N) is 1. The van der Waals surface area contributed by atoms with Crippen LogP contribution in [0.3, 0.4) is 0 Å². The van der Waals surface area contributed by atoms with Crippen LogP contribution in [0.15, 0.2) is 48.7 Å². The van der Waals surface area contributed by atoms with Crippen molar-refractivity contribution in [3.05, 3.63) is 65.7 Å². The van der Waals surface area contributed by atoms with Crippen LogP contribution in [0, 0.1) is 5.82 Å². The average Bonchev–Trinajstić information content (AvgIpc) is 3.31. The number of nitrogens with zero attached hydrogens (tertiary/aromatic N) is 1. The quantitative estimate of drug-likeness (QED) is 0.917. The van der Waals surface area contributed by atoms with Gasteiger partial charge in [0.05, 0.1) is 5.41 Å². The first-order chi connectivity index (χ1) is 10.2. The SMILES string of the molecule is O=C(NCCc1ccccn1)C1(c2ccc(F)cc2)CC1. The molecule has 1 N–H and O–H groups in total. The first-order valence-corrected chi connectivity index (χ1v) is 7.15. The van der Waals surface area contributed by atoms with Crippen molar-refractivity contribution in [1.82, 2.24) is 10.3 Å². The van der Waals surface area contributed by atoms with Crippen LogP contribution >= 0.6 is 0 Å². The lowest BCUT2D eigenvalue weighted by Crippen LogP contribution is -2.36. The Kier molecular flexibility index (Phi) is 3.69. The van der Waals surface area contributed by atoms with E-state index in [1.54, 1.807) is 18.3 Å². The molecule has 21 heavy (non-hydrogen) atoms. The molecule has 0 unspecified atom stereocenters. The Morgan fingerprint density at radius 3 is 2.57 bits per heavy atom. The summed E-state index contributed by atoms with van der Waals surface area (Å²) in [5.74, 6) is -0.241. The van der Waals surface area contributed by atoms with Crippen LogP contribution in [0.2, 0.25) is 0 Å². The summed E-state index contributed by atoms with van der Waals surface area (Å²) in [6, 6.07) is 12.0. The molecule has 1 aromatic carbocycles. The number of benzene rings is 1. The fraction of sp³-hybridized carbons (Fsp3) is 0.294. The summed E-state index contributed by atoms with van der Waals surface area (Å²) in [6.45, 7) is 0.568. The van der Waals surface area contributed by atoms with E-state index in [0.29, 0.717) is 13.0 Å². The van der Waals surface area contributed by atoms with E-state index < -0.39 is 5.41 Å². The lowest BCUT2D eigenvalue weighted by Gasteiger charge is -2.15. The minimum atomic E-state index is -0.447. The van der Waals surface area contributed by atoms with E-state index in [1.807, 2.05) is 18.2 Å². The summed E-state index contributed by atoms with van der Waals surface area (Å²) in [5.41, 5.74) is 1.42. The summed E-state index contributed by atoms with van der Waals surface area (Å²) >= 11 is 0. The second-order valence-corrected chi connectivity index (χ2v) is 5.42. The van der Waals surface area contributed by atoms with E-state index in [1.165, 1.54) is 12.1 Å². The Balaban J connectivity index is 1.59. The first kappa shape index (κ1) is 13.7. The molecule has 1 aromatic heterocycles. The van der Waals surface area contributed by atoms with Crippen LogP contribution in [0.4, 0.5) is 4.39 Å². The summed E-state index contributed by atoms with van der Waals surface area (Å²) in [4.78, 5) is 16.6. The number of pyridine rings is 1. The molecule has 0 bridgehead atoms. The maximum atomic E-state index is 13.0. The lowest BCUT2D eigenvalue weighted by molar-refractivity contribution is -0.123. The van der Waals surface area contributed by atoms with Gasteiger partial charge in [0.1, 0.15) is 5.82 Å². The highest BCUT2D eigenvalue weighted by Crippen LogP contribution is 2.48. The number of rotatable bonds is 5. The second-order valence-electron chi connectivity index (χ2n) is 5.42. The number of hydrogen-bond acceptors (Lipinski definition) is 2. The van der Waals surface area contributed by atoms with Crippen molar-refractivity contribution < 1.29 is 9.18 Å². The standard InChI is InChI=1S/C17H17FN2O/c18-14-6-4-13(5-7-14)17(9-10-17)16(21)20-12-8-15-3-1-2-11-19-15/h1-7,11H,8-10,12H2,(H,20,21). The van der Waals surface area contributed by atoms with Crippen molar-refractivity contribution in [2.75, 3.05) is 6.54 Å². The highest BCUT2D eigenvalue weighted by Gasteiger charge is 2.50. The number of halogens is 1. The topological polar surface area (TPSA) is 42.0 Å². The van der Waals surface area contributed by atoms with E-state index in [2.05, 4.69) is 10.3 Å². The van der Waals surface area contributed by atoms with E-state index in [0.717, 1.165) is 24.1 Å². The molecule has 0 atom stereocenters. The number of carbonyl (C=O) groups excluding carboxylic acids is 1. The summed E-state index contributed by atoms with van der Waals surface area (Å²) < 4.78 is 13.0. The predicted molar refractivity (Wildman–Crippen MR) is 78.3 cm³/mol. The van der Waals surface area contributed by atoms with Crippen LogP contribution in [0.1, 0.15) is 24.1 Å². The van der Waals surface area contributed by atoms with Crippen molar-refractivity contribution >= 4 is 5.91 Å². The molecule has 0 aliphatic heterocycles. The Labute approximate surface area is 123 Å². The lowest BCUT2D eigenvalue weighted by atomic mass is 9.95. The van der Waals surface area contributed by atoms with E-state index >= 15 is 0 Å². The third-order valence-corrected chi connectivity index (χ3v) is 3.97. The van der Waals surface area contributed by atoms with Crippen molar-refractivity contribution in [3.63, 3.8) is 0 Å². The highest BCUT2D eigenvalue weighted by molar-refractivity contribution is 5.91. The van der Waals surface area contributed by atoms with Crippen LogP contribution in [0.5, 0.6) is 0 Å². The normalized spacial score (nSPS) is 15.5. The molecule has 1 heterocycles. The molecule has 0 saturated heterocycles. The molecule has 1 saturated carbocycles. The largest absolute Gasteiger partial charge is 0.355 e. The van der Waals surface area contributed by atoms with Gasteiger partial charge in [0.25, 0.3) is 0 Å². The van der Waals surface area contributed by atoms with E-state index in [9.17, 15) is 9.18 Å². The van der Waals surface area contributed by atoms with Gasteiger partial charge in [0, 0.05) is 24.9 Å². The zero-order valence-electron chi connectivity index (χ0n) is 11.7. The van der Waals surface area contributed by atoms with Crippen molar-refractivity contribution in [3.8, 4) is 0 Å². The number of hydrogen-bond donors (Lipinski definition) is 1. The minimum absolute atomic E-state index is 0.0324. The van der Waals surface area contributed by atoms with Gasteiger partial charge in [0.15, 0.2) is 0 Å². The Morgan fingerprint density at radius 2 is 1.95 bits per heavy atom. The van der Waals surface area contributed by atoms with Gasteiger partial charge in [-0.2, -0.15) is 0 Å². The maximum absolute atomic E-state index is 13.0. The second kappa shape index (κ2) is 5.64. The van der Waals surface area contributed by atoms with Crippen molar-refractivity contribution in [1.29, 1.82) is 0 Å². The third kappa shape index (κ3) is 2.94. The molecule has 1 aliphatic rings. The van der Waals surface area contributed by atoms with Crippen LogP contribution in [-0.4, -0.2) is 17.4 Å². The van der Waals surface area contributed by atoms with Gasteiger partial charge in [-0.25, -0.2) is 4.39 Å². The summed E-state index contributed by atoms with van der Waals surface area (Å²) in [7, 11) is 0. The van der Waals surface area contributed by atoms with Crippen molar-refractivity contribution in [2.45, 2.75) is 24.7 Å². The first-order valence-electron chi connectivity index (χ1n) is 7.15. The van der Waals surface area contributed by atoms with Gasteiger partial charge in [-0.1, -0.05) is 18.2 Å². The third-order valence-electron chi connectivity index (χ3n) is 3.97. The van der Waals surface area contributed by atoms with Gasteiger partial charge in [0.2, 0.25) is 5.91 Å². The molecule has 1 aliphatic carbocycles. The fourth-order valence-electron chi connectivity index (χ4n) is 2.56. The molecule has 0 radical (unpaired) electrons. The molecule has 0 spiro atoms. The highest BCUT2D eigenvalue weighted by atomic mass is 19.1. The molecule has 1 amide bonds. The molecule has 3 rings (SSSR count). The molecule has 4 heteroatoms. The molecule has 3 nitrogen and oxygen atoms in total. The zero-order chi connectivity index (χ0) is 14.7. The average molecular weight is 284 g/mol. The van der Waals surface area contributed by atoms with Crippen LogP contribution in [-0.2, 0) is 16.6 Å². The van der Waals surface area contributed by atoms with Crippen molar-refractivity contribution in [2.24, 2.45) is 0 Å². The predicted octanol–water partition coefficient (Wildman–Crippen LogP) is 2.61. The Bertz CT molecular complexity index is 621. The summed E-state index contributed by atoms with van der Waals surface area (Å²) in [5, 5.41) is 2.97. The monoisotopic (exact) mass is 284 g/mol. The van der Waals surface area contributed by atoms with Gasteiger partial charge in [-0.3, -0.25) is 9.78 Å². The molecule has 1 fully saturated rings. The summed E-state index contributed by atoms with van der Waals surface area (Å²) in [6.07, 6.45) is 4.12. The van der Waals surface area contributed by atoms with Gasteiger partial charge in [-0.05, 0) is 42.7 Å². The minimum Gasteiger partial charge on any atom is -0.355 e. The molecular weight excluding hydrogens is 267 g/mol. The molecule has 108 valence electrons. The smallest absolute Gasteiger partial charge is 0.230 e. The van der Waals surface area contributed by atoms with E-state index in [4.69, 9.17) is 0 Å². The van der Waals surface area contributed by atoms with Gasteiger partial charge < -0.3 is 5.32 Å². The molecule has 2 aromatic rings. The van der Waals surface area contributed by atoms with Crippen LogP contribution < -0.4 is 5.32 Å². The van der Waals surface area contributed by atoms with Crippen LogP contribution in [0.25, 0.3) is 0 Å². The fourth-order valence-corrected chi connectivity index (χ4v) is 2.56. The number of carbonyl (C=O) groups is 1. The van der Waals surface area contributed by atoms with E-state index in [-0.39, 0.29) is 11.7 Å². The Hall–Kier alpha value is -2.23. The van der Waals surface area contributed by atoms with Gasteiger partial charge in [-0.15, -0.1) is 0 Å². The maximum Gasteiger partial charge on any atom is 0.230 e. The zero-order valence-corrected chi connectivity index (χ0v) is 11.7. The molecular formula is C17H17FN2O.